The van der Waals surface area contributed by atoms with Crippen molar-refractivity contribution in [2.24, 2.45) is 0 Å². The number of aryl methyl sites for hydroxylation is 1. The summed E-state index contributed by atoms with van der Waals surface area (Å²) in [6, 6.07) is 22.0. The molecule has 1 saturated heterocycles. The van der Waals surface area contributed by atoms with Crippen molar-refractivity contribution in [2.75, 3.05) is 5.32 Å². The first kappa shape index (κ1) is 21.0. The molecule has 1 heterocycles. The summed E-state index contributed by atoms with van der Waals surface area (Å²) in [7, 11) is 0. The first-order valence-corrected chi connectivity index (χ1v) is 11.0. The van der Waals surface area contributed by atoms with E-state index in [0.29, 0.717) is 17.3 Å². The molecular formula is C25H23FN2O2S. The van der Waals surface area contributed by atoms with Crippen molar-refractivity contribution in [2.45, 2.75) is 25.4 Å². The molecule has 31 heavy (non-hydrogen) atoms. The second-order valence-electron chi connectivity index (χ2n) is 7.13. The summed E-state index contributed by atoms with van der Waals surface area (Å²) in [5.74, 6) is 0.267. The Hall–Kier alpha value is -3.25. The highest BCUT2D eigenvalue weighted by Gasteiger charge is 2.27. The summed E-state index contributed by atoms with van der Waals surface area (Å²) in [6.45, 7) is 2.44. The molecule has 1 fully saturated rings. The zero-order chi connectivity index (χ0) is 21.6. The van der Waals surface area contributed by atoms with Gasteiger partial charge in [0.25, 0.3) is 5.91 Å². The number of thioether (sulfide) groups is 1. The van der Waals surface area contributed by atoms with Crippen LogP contribution in [0.2, 0.25) is 0 Å². The Balaban J connectivity index is 1.44. The minimum absolute atomic E-state index is 0.124. The van der Waals surface area contributed by atoms with Crippen LogP contribution in [0.5, 0.6) is 5.75 Å². The molecule has 1 aliphatic heterocycles. The molecule has 1 aliphatic rings. The van der Waals surface area contributed by atoms with Gasteiger partial charge in [0.2, 0.25) is 0 Å². The van der Waals surface area contributed by atoms with Crippen LogP contribution < -0.4 is 15.4 Å². The molecule has 1 amide bonds. The summed E-state index contributed by atoms with van der Waals surface area (Å²) in [6.07, 6.45) is 2.83. The van der Waals surface area contributed by atoms with E-state index in [4.69, 9.17) is 4.74 Å². The third-order valence-electron chi connectivity index (χ3n) is 4.90. The van der Waals surface area contributed by atoms with E-state index in [2.05, 4.69) is 29.7 Å². The number of rotatable bonds is 7. The number of carbonyl (C=O) groups excluding carboxylic acids is 1. The second-order valence-corrected chi connectivity index (χ2v) is 8.27. The summed E-state index contributed by atoms with van der Waals surface area (Å²) in [4.78, 5) is 13.1. The van der Waals surface area contributed by atoms with E-state index in [1.165, 1.54) is 29.5 Å². The molecule has 0 radical (unpaired) electrons. The van der Waals surface area contributed by atoms with E-state index >= 15 is 0 Å². The molecule has 3 aromatic rings. The van der Waals surface area contributed by atoms with E-state index in [1.54, 1.807) is 12.1 Å². The molecule has 4 rings (SSSR count). The van der Waals surface area contributed by atoms with Gasteiger partial charge in [-0.3, -0.25) is 4.79 Å². The largest absolute Gasteiger partial charge is 0.488 e. The second kappa shape index (κ2) is 9.71. The van der Waals surface area contributed by atoms with Crippen molar-refractivity contribution in [3.63, 3.8) is 0 Å². The molecule has 0 aromatic heterocycles. The number of carbonyl (C=O) groups is 1. The Labute approximate surface area is 185 Å². The van der Waals surface area contributed by atoms with Crippen LogP contribution in [0.1, 0.15) is 23.6 Å². The van der Waals surface area contributed by atoms with Crippen LogP contribution >= 0.6 is 11.8 Å². The lowest BCUT2D eigenvalue weighted by Gasteiger charge is -2.13. The lowest BCUT2D eigenvalue weighted by atomic mass is 10.1. The van der Waals surface area contributed by atoms with Crippen molar-refractivity contribution < 1.29 is 13.9 Å². The normalized spacial score (nSPS) is 16.9. The van der Waals surface area contributed by atoms with Gasteiger partial charge in [0.05, 0.1) is 4.91 Å². The maximum Gasteiger partial charge on any atom is 0.260 e. The fourth-order valence-corrected chi connectivity index (χ4v) is 4.14. The fraction of sp³-hybridized carbons (Fsp3) is 0.160. The van der Waals surface area contributed by atoms with Crippen molar-refractivity contribution in [3.8, 4) is 5.75 Å². The van der Waals surface area contributed by atoms with Crippen molar-refractivity contribution >= 4 is 29.4 Å². The van der Waals surface area contributed by atoms with Crippen LogP contribution in [0.25, 0.3) is 6.08 Å². The Morgan fingerprint density at radius 1 is 1.03 bits per heavy atom. The lowest BCUT2D eigenvalue weighted by molar-refractivity contribution is -0.116. The van der Waals surface area contributed by atoms with Gasteiger partial charge in [-0.2, -0.15) is 0 Å². The van der Waals surface area contributed by atoms with Crippen LogP contribution in [-0.2, 0) is 17.8 Å². The molecule has 2 N–H and O–H groups in total. The van der Waals surface area contributed by atoms with E-state index in [0.717, 1.165) is 23.2 Å². The van der Waals surface area contributed by atoms with Gasteiger partial charge in [-0.25, -0.2) is 4.39 Å². The third kappa shape index (κ3) is 5.47. The molecule has 0 saturated carbocycles. The molecule has 3 aromatic carbocycles. The highest BCUT2D eigenvalue weighted by Crippen LogP contribution is 2.32. The summed E-state index contributed by atoms with van der Waals surface area (Å²) in [5.41, 5.74) is 3.68. The van der Waals surface area contributed by atoms with Crippen molar-refractivity contribution in [1.82, 2.24) is 5.32 Å². The fourth-order valence-electron chi connectivity index (χ4n) is 3.17. The zero-order valence-electron chi connectivity index (χ0n) is 17.1. The number of hydrogen-bond donors (Lipinski definition) is 2. The smallest absolute Gasteiger partial charge is 0.260 e. The minimum Gasteiger partial charge on any atom is -0.488 e. The van der Waals surface area contributed by atoms with Gasteiger partial charge in [0, 0.05) is 11.3 Å². The van der Waals surface area contributed by atoms with Gasteiger partial charge in [0.15, 0.2) is 5.50 Å². The van der Waals surface area contributed by atoms with Gasteiger partial charge in [-0.15, -0.1) is 0 Å². The van der Waals surface area contributed by atoms with Crippen LogP contribution in [0, 0.1) is 5.82 Å². The van der Waals surface area contributed by atoms with E-state index < -0.39 is 0 Å². The topological polar surface area (TPSA) is 50.4 Å². The maximum absolute atomic E-state index is 13.1. The monoisotopic (exact) mass is 434 g/mol. The van der Waals surface area contributed by atoms with Gasteiger partial charge in [0.1, 0.15) is 18.2 Å². The average Bonchev–Trinajstić information content (AvgIpc) is 3.13. The third-order valence-corrected chi connectivity index (χ3v) is 5.93. The molecule has 0 unspecified atom stereocenters. The van der Waals surface area contributed by atoms with Crippen molar-refractivity contribution in [1.29, 1.82) is 0 Å². The number of para-hydroxylation sites is 1. The molecular weight excluding hydrogens is 411 g/mol. The van der Waals surface area contributed by atoms with Gasteiger partial charge < -0.3 is 15.4 Å². The zero-order valence-corrected chi connectivity index (χ0v) is 17.9. The van der Waals surface area contributed by atoms with Crippen LogP contribution in [-0.4, -0.2) is 11.4 Å². The predicted molar refractivity (Wildman–Crippen MR) is 124 cm³/mol. The standard InChI is InChI=1S/C25H23FN2O2S/c1-2-17-9-13-21(14-10-17)27-25-28-24(29)23(31-25)15-19-5-3-4-6-22(19)30-16-18-7-11-20(26)12-8-18/h3-15,25,27H,2,16H2,1H3,(H,28,29)/b23-15-/t25-/m1/s1. The SMILES string of the molecule is CCc1ccc(N[C@@H]2NC(=O)/C(=C/c3ccccc3OCc3ccc(F)cc3)S2)cc1. The van der Waals surface area contributed by atoms with Crippen LogP contribution in [0.4, 0.5) is 10.1 Å². The molecule has 158 valence electrons. The quantitative estimate of drug-likeness (QED) is 0.478. The summed E-state index contributed by atoms with van der Waals surface area (Å²) < 4.78 is 19.0. The number of ether oxygens (including phenoxy) is 1. The van der Waals surface area contributed by atoms with E-state index in [1.807, 2.05) is 42.5 Å². The molecule has 0 bridgehead atoms. The predicted octanol–water partition coefficient (Wildman–Crippen LogP) is 5.57. The number of hydrogen-bond acceptors (Lipinski definition) is 4. The average molecular weight is 435 g/mol. The Kier molecular flexibility index (Phi) is 6.57. The summed E-state index contributed by atoms with van der Waals surface area (Å²) >= 11 is 1.44. The number of halogens is 1. The van der Waals surface area contributed by atoms with Gasteiger partial charge in [-0.05, 0) is 54.0 Å². The maximum atomic E-state index is 13.1. The van der Waals surface area contributed by atoms with Crippen molar-refractivity contribution in [3.05, 3.63) is 100 Å². The van der Waals surface area contributed by atoms with Crippen LogP contribution in [0.15, 0.2) is 77.7 Å². The number of anilines is 1. The van der Waals surface area contributed by atoms with E-state index in [9.17, 15) is 9.18 Å². The van der Waals surface area contributed by atoms with E-state index in [-0.39, 0.29) is 17.2 Å². The first-order chi connectivity index (χ1) is 15.1. The Bertz CT molecular complexity index is 1080. The highest BCUT2D eigenvalue weighted by molar-refractivity contribution is 8.05. The Morgan fingerprint density at radius 3 is 2.48 bits per heavy atom. The first-order valence-electron chi connectivity index (χ1n) is 10.1. The molecule has 0 spiro atoms. The highest BCUT2D eigenvalue weighted by atomic mass is 32.2. The van der Waals surface area contributed by atoms with Gasteiger partial charge >= 0.3 is 0 Å². The minimum atomic E-state index is -0.275. The molecule has 6 heteroatoms. The number of amides is 1. The molecule has 1 atom stereocenters. The Morgan fingerprint density at radius 2 is 1.74 bits per heavy atom. The van der Waals surface area contributed by atoms with Gasteiger partial charge in [-0.1, -0.05) is 61.2 Å². The lowest BCUT2D eigenvalue weighted by Crippen LogP contribution is -2.30. The molecule has 4 nitrogen and oxygen atoms in total. The van der Waals surface area contributed by atoms with Crippen LogP contribution in [0.3, 0.4) is 0 Å². The molecule has 0 aliphatic carbocycles. The number of nitrogens with one attached hydrogen (secondary N) is 2. The summed E-state index contributed by atoms with van der Waals surface area (Å²) in [5, 5.41) is 6.28. The number of benzene rings is 3.